The second-order valence-electron chi connectivity index (χ2n) is 6.31. The number of nitrogens with zero attached hydrogens (tertiary/aromatic N) is 1. The molecule has 1 atom stereocenters. The number of nitriles is 1. The number of benzene rings is 1. The normalized spacial score (nSPS) is 11.5. The summed E-state index contributed by atoms with van der Waals surface area (Å²) in [4.78, 5) is 23.8. The maximum atomic E-state index is 12.0. The Balaban J connectivity index is 2.29. The van der Waals surface area contributed by atoms with Gasteiger partial charge in [0.15, 0.2) is 0 Å². The number of carbonyl (C=O) groups is 2. The molecular weight excluding hydrogens is 318 g/mol. The lowest BCUT2D eigenvalue weighted by atomic mass is 10.0. The molecule has 0 bridgehead atoms. The molecule has 1 rings (SSSR count). The maximum absolute atomic E-state index is 12.0. The van der Waals surface area contributed by atoms with E-state index in [1.807, 2.05) is 13.8 Å². The zero-order chi connectivity index (χ0) is 18.7. The Morgan fingerprint density at radius 2 is 2.04 bits per heavy atom. The highest BCUT2D eigenvalue weighted by atomic mass is 16.5. The van der Waals surface area contributed by atoms with E-state index in [9.17, 15) is 9.59 Å². The zero-order valence-electron chi connectivity index (χ0n) is 15.2. The van der Waals surface area contributed by atoms with E-state index in [4.69, 9.17) is 10.00 Å². The van der Waals surface area contributed by atoms with Crippen LogP contribution < -0.4 is 15.4 Å². The maximum Gasteiger partial charge on any atom is 0.242 e. The van der Waals surface area contributed by atoms with E-state index in [0.717, 1.165) is 6.42 Å². The average molecular weight is 345 g/mol. The molecule has 1 aromatic carbocycles. The molecule has 1 unspecified atom stereocenters. The van der Waals surface area contributed by atoms with Gasteiger partial charge in [-0.25, -0.2) is 0 Å². The molecule has 0 aromatic heterocycles. The van der Waals surface area contributed by atoms with Crippen LogP contribution in [0.4, 0.5) is 0 Å². The van der Waals surface area contributed by atoms with E-state index in [2.05, 4.69) is 16.7 Å². The Morgan fingerprint density at radius 3 is 2.68 bits per heavy atom. The summed E-state index contributed by atoms with van der Waals surface area (Å²) in [5.41, 5.74) is 0.558. The first-order chi connectivity index (χ1) is 12.0. The largest absolute Gasteiger partial charge is 0.494 e. The van der Waals surface area contributed by atoms with E-state index in [0.29, 0.717) is 43.1 Å². The predicted octanol–water partition coefficient (Wildman–Crippen LogP) is 2.38. The van der Waals surface area contributed by atoms with Crippen LogP contribution in [0.2, 0.25) is 0 Å². The minimum absolute atomic E-state index is 0.124. The fourth-order valence-corrected chi connectivity index (χ4v) is 2.38. The molecule has 136 valence electrons. The number of unbranched alkanes of at least 4 members (excludes halogenated alkanes) is 1. The van der Waals surface area contributed by atoms with E-state index in [1.54, 1.807) is 31.3 Å². The smallest absolute Gasteiger partial charge is 0.242 e. The number of hydrogen-bond acceptors (Lipinski definition) is 4. The van der Waals surface area contributed by atoms with E-state index in [1.165, 1.54) is 0 Å². The summed E-state index contributed by atoms with van der Waals surface area (Å²) in [6.45, 7) is 4.51. The molecule has 0 radical (unpaired) electrons. The molecule has 0 aliphatic rings. The van der Waals surface area contributed by atoms with Crippen molar-refractivity contribution in [1.82, 2.24) is 10.6 Å². The standard InChI is InChI=1S/C19H27N3O3/c1-14(2)11-17(19(24)21-3)22-18(23)9-4-5-10-25-16-8-6-7-15(12-16)13-20/h6-8,12,14,17H,4-5,9-11H2,1-3H3,(H,21,24)(H,22,23). The van der Waals surface area contributed by atoms with Gasteiger partial charge in [0.25, 0.3) is 0 Å². The molecule has 0 saturated heterocycles. The number of ether oxygens (including phenoxy) is 1. The van der Waals surface area contributed by atoms with Gasteiger partial charge in [0, 0.05) is 13.5 Å². The summed E-state index contributed by atoms with van der Waals surface area (Å²) in [7, 11) is 1.57. The molecule has 0 saturated carbocycles. The molecule has 0 heterocycles. The van der Waals surface area contributed by atoms with Crippen LogP contribution in [-0.4, -0.2) is 31.5 Å². The summed E-state index contributed by atoms with van der Waals surface area (Å²) in [6.07, 6.45) is 2.36. The molecule has 0 spiro atoms. The van der Waals surface area contributed by atoms with Crippen LogP contribution in [0.1, 0.15) is 45.1 Å². The molecule has 0 fully saturated rings. The van der Waals surface area contributed by atoms with E-state index >= 15 is 0 Å². The summed E-state index contributed by atoms with van der Waals surface area (Å²) in [5, 5.41) is 14.2. The number of hydrogen-bond donors (Lipinski definition) is 2. The second-order valence-corrected chi connectivity index (χ2v) is 6.31. The highest BCUT2D eigenvalue weighted by Crippen LogP contribution is 2.13. The number of amides is 2. The monoisotopic (exact) mass is 345 g/mol. The van der Waals surface area contributed by atoms with Gasteiger partial charge in [0.05, 0.1) is 18.2 Å². The van der Waals surface area contributed by atoms with E-state index < -0.39 is 6.04 Å². The van der Waals surface area contributed by atoms with E-state index in [-0.39, 0.29) is 11.8 Å². The Hall–Kier alpha value is -2.55. The Morgan fingerprint density at radius 1 is 1.28 bits per heavy atom. The first kappa shape index (κ1) is 20.5. The predicted molar refractivity (Wildman–Crippen MR) is 96.0 cm³/mol. The minimum atomic E-state index is -0.484. The van der Waals surface area contributed by atoms with Gasteiger partial charge in [-0.15, -0.1) is 0 Å². The van der Waals surface area contributed by atoms with Crippen LogP contribution in [0, 0.1) is 17.2 Å². The number of carbonyl (C=O) groups excluding carboxylic acids is 2. The third-order valence-corrected chi connectivity index (χ3v) is 3.64. The summed E-state index contributed by atoms with van der Waals surface area (Å²) in [6, 6.07) is 8.56. The van der Waals surface area contributed by atoms with Crippen molar-refractivity contribution in [3.05, 3.63) is 29.8 Å². The van der Waals surface area contributed by atoms with Crippen molar-refractivity contribution < 1.29 is 14.3 Å². The third-order valence-electron chi connectivity index (χ3n) is 3.64. The molecule has 6 nitrogen and oxygen atoms in total. The van der Waals surface area contributed by atoms with Crippen LogP contribution in [-0.2, 0) is 9.59 Å². The Labute approximate surface area is 149 Å². The van der Waals surface area contributed by atoms with Gasteiger partial charge in [-0.1, -0.05) is 19.9 Å². The first-order valence-corrected chi connectivity index (χ1v) is 8.60. The average Bonchev–Trinajstić information content (AvgIpc) is 2.60. The van der Waals surface area contributed by atoms with Gasteiger partial charge < -0.3 is 15.4 Å². The van der Waals surface area contributed by atoms with Crippen molar-refractivity contribution in [2.45, 2.75) is 45.6 Å². The fraction of sp³-hybridized carbons (Fsp3) is 0.526. The van der Waals surface area contributed by atoms with Crippen LogP contribution in [0.3, 0.4) is 0 Å². The highest BCUT2D eigenvalue weighted by Gasteiger charge is 2.20. The SMILES string of the molecule is CNC(=O)C(CC(C)C)NC(=O)CCCCOc1cccc(C#N)c1. The topological polar surface area (TPSA) is 91.2 Å². The van der Waals surface area contributed by atoms with Gasteiger partial charge in [-0.2, -0.15) is 5.26 Å². The van der Waals surface area contributed by atoms with Crippen LogP contribution in [0.25, 0.3) is 0 Å². The van der Waals surface area contributed by atoms with Crippen molar-refractivity contribution >= 4 is 11.8 Å². The van der Waals surface area contributed by atoms with Gasteiger partial charge >= 0.3 is 0 Å². The van der Waals surface area contributed by atoms with Gasteiger partial charge in [0.2, 0.25) is 11.8 Å². The molecule has 0 aliphatic carbocycles. The lowest BCUT2D eigenvalue weighted by Gasteiger charge is -2.19. The summed E-state index contributed by atoms with van der Waals surface area (Å²) < 4.78 is 5.57. The molecule has 1 aromatic rings. The van der Waals surface area contributed by atoms with Crippen LogP contribution in [0.15, 0.2) is 24.3 Å². The van der Waals surface area contributed by atoms with Gasteiger partial charge in [-0.3, -0.25) is 9.59 Å². The lowest BCUT2D eigenvalue weighted by Crippen LogP contribution is -2.46. The third kappa shape index (κ3) is 8.20. The molecule has 25 heavy (non-hydrogen) atoms. The molecule has 0 aliphatic heterocycles. The van der Waals surface area contributed by atoms with Crippen molar-refractivity contribution in [1.29, 1.82) is 5.26 Å². The van der Waals surface area contributed by atoms with Gasteiger partial charge in [0.1, 0.15) is 11.8 Å². The number of rotatable bonds is 10. The summed E-state index contributed by atoms with van der Waals surface area (Å²) in [5.74, 6) is 0.684. The zero-order valence-corrected chi connectivity index (χ0v) is 15.2. The van der Waals surface area contributed by atoms with Crippen LogP contribution in [0.5, 0.6) is 5.75 Å². The lowest BCUT2D eigenvalue weighted by molar-refractivity contribution is -0.129. The number of likely N-dealkylation sites (N-methyl/N-ethyl adjacent to an activating group) is 1. The fourth-order valence-electron chi connectivity index (χ4n) is 2.38. The van der Waals surface area contributed by atoms with Crippen molar-refractivity contribution in [3.63, 3.8) is 0 Å². The quantitative estimate of drug-likeness (QED) is 0.637. The molecule has 2 amide bonds. The van der Waals surface area contributed by atoms with Crippen molar-refractivity contribution in [2.24, 2.45) is 5.92 Å². The molecule has 6 heteroatoms. The second kappa shape index (κ2) is 11.1. The van der Waals surface area contributed by atoms with Crippen molar-refractivity contribution in [3.8, 4) is 11.8 Å². The molecule has 2 N–H and O–H groups in total. The van der Waals surface area contributed by atoms with Gasteiger partial charge in [-0.05, 0) is 43.4 Å². The van der Waals surface area contributed by atoms with Crippen molar-refractivity contribution in [2.75, 3.05) is 13.7 Å². The Bertz CT molecular complexity index is 608. The first-order valence-electron chi connectivity index (χ1n) is 8.60. The van der Waals surface area contributed by atoms with Crippen LogP contribution >= 0.6 is 0 Å². The highest BCUT2D eigenvalue weighted by molar-refractivity contribution is 5.87. The summed E-state index contributed by atoms with van der Waals surface area (Å²) >= 11 is 0. The minimum Gasteiger partial charge on any atom is -0.494 e. The number of nitrogens with one attached hydrogen (secondary N) is 2. The molecular formula is C19H27N3O3. The Kier molecular flexibility index (Phi) is 9.09.